The third-order valence-corrected chi connectivity index (χ3v) is 4.25. The summed E-state index contributed by atoms with van der Waals surface area (Å²) in [6.45, 7) is 8.16. The van der Waals surface area contributed by atoms with Crippen molar-refractivity contribution in [2.75, 3.05) is 5.73 Å². The van der Waals surface area contributed by atoms with Gasteiger partial charge in [-0.3, -0.25) is 0 Å². The van der Waals surface area contributed by atoms with Crippen LogP contribution < -0.4 is 5.73 Å². The number of nitrogens with two attached hydrogens (primary N) is 1. The lowest BCUT2D eigenvalue weighted by atomic mass is 10.1. The molecule has 2 aromatic rings. The Morgan fingerprint density at radius 3 is 2.89 bits per heavy atom. The number of nitrogens with zero attached hydrogens (tertiary/aromatic N) is 3. The van der Waals surface area contributed by atoms with Crippen molar-refractivity contribution in [1.29, 1.82) is 0 Å². The number of aromatic nitrogens is 3. The molecule has 0 saturated carbocycles. The van der Waals surface area contributed by atoms with E-state index in [9.17, 15) is 0 Å². The highest BCUT2D eigenvalue weighted by molar-refractivity contribution is 7.15. The number of thiazole rings is 1. The maximum Gasteiger partial charge on any atom is 0.134 e. The molecule has 0 saturated heterocycles. The molecule has 2 rings (SSSR count). The van der Waals surface area contributed by atoms with Gasteiger partial charge < -0.3 is 5.73 Å². The van der Waals surface area contributed by atoms with E-state index < -0.39 is 0 Å². The number of hydrogen-bond acceptors (Lipinski definition) is 5. The minimum absolute atomic E-state index is 0.455. The molecule has 0 amide bonds. The first-order chi connectivity index (χ1) is 9.17. The summed E-state index contributed by atoms with van der Waals surface area (Å²) in [4.78, 5) is 13.8. The first-order valence-electron chi connectivity index (χ1n) is 6.36. The van der Waals surface area contributed by atoms with Crippen LogP contribution in [0.5, 0.6) is 0 Å². The van der Waals surface area contributed by atoms with Crippen molar-refractivity contribution in [3.05, 3.63) is 29.7 Å². The molecule has 0 aliphatic carbocycles. The number of nitrogen functional groups attached to an aromatic ring is 1. The molecular weight excluding hydrogens is 256 g/mol. The van der Waals surface area contributed by atoms with Crippen molar-refractivity contribution in [1.82, 2.24) is 15.0 Å². The monoisotopic (exact) mass is 274 g/mol. The second-order valence-electron chi connectivity index (χ2n) is 4.48. The average molecular weight is 274 g/mol. The van der Waals surface area contributed by atoms with E-state index in [2.05, 4.69) is 35.4 Å². The van der Waals surface area contributed by atoms with Crippen LogP contribution in [0.25, 0.3) is 16.6 Å². The molecular formula is C14H18N4S. The van der Waals surface area contributed by atoms with Gasteiger partial charge in [-0.05, 0) is 6.42 Å². The maximum atomic E-state index is 5.85. The summed E-state index contributed by atoms with van der Waals surface area (Å²) in [5.74, 6) is 0.937. The molecule has 100 valence electrons. The molecule has 0 unspecified atom stereocenters. The van der Waals surface area contributed by atoms with Gasteiger partial charge in [-0.15, -0.1) is 11.3 Å². The lowest BCUT2D eigenvalue weighted by Gasteiger charge is -2.05. The lowest BCUT2D eigenvalue weighted by molar-refractivity contribution is 0.660. The van der Waals surface area contributed by atoms with E-state index in [0.29, 0.717) is 11.7 Å². The fourth-order valence-corrected chi connectivity index (χ4v) is 3.00. The normalized spacial score (nSPS) is 12.3. The van der Waals surface area contributed by atoms with Crippen LogP contribution in [0.1, 0.15) is 43.2 Å². The van der Waals surface area contributed by atoms with Gasteiger partial charge in [0.05, 0.1) is 15.6 Å². The fourth-order valence-electron chi connectivity index (χ4n) is 1.99. The molecule has 0 bridgehead atoms. The molecule has 2 N–H and O–H groups in total. The Morgan fingerprint density at radius 1 is 1.42 bits per heavy atom. The van der Waals surface area contributed by atoms with Gasteiger partial charge in [0.25, 0.3) is 0 Å². The van der Waals surface area contributed by atoms with Gasteiger partial charge in [0.15, 0.2) is 0 Å². The summed E-state index contributed by atoms with van der Waals surface area (Å²) < 4.78 is 0. The highest BCUT2D eigenvalue weighted by atomic mass is 32.1. The molecule has 0 aliphatic rings. The van der Waals surface area contributed by atoms with Crippen LogP contribution in [0.15, 0.2) is 19.1 Å². The molecule has 0 fully saturated rings. The van der Waals surface area contributed by atoms with Gasteiger partial charge in [0, 0.05) is 17.7 Å². The fraction of sp³-hybridized carbons (Fsp3) is 0.357. The van der Waals surface area contributed by atoms with Crippen molar-refractivity contribution in [2.24, 2.45) is 0 Å². The van der Waals surface area contributed by atoms with Crippen LogP contribution in [0, 0.1) is 0 Å². The lowest BCUT2D eigenvalue weighted by Crippen LogP contribution is -1.97. The van der Waals surface area contributed by atoms with Crippen LogP contribution in [0.2, 0.25) is 0 Å². The third-order valence-electron chi connectivity index (χ3n) is 3.02. The SMILES string of the molecule is C=Cc1c(N)ncnc1-c1cnc([C@H](C)CCC)s1. The van der Waals surface area contributed by atoms with Crippen molar-refractivity contribution in [2.45, 2.75) is 32.6 Å². The number of hydrogen-bond donors (Lipinski definition) is 1. The standard InChI is InChI=1S/C14H18N4S/c1-4-6-9(3)14-16-7-11(19-14)12-10(5-2)13(15)18-8-17-12/h5,7-9H,2,4,6H2,1,3H3,(H2,15,17,18)/t9-/m1/s1. The van der Waals surface area contributed by atoms with E-state index in [1.54, 1.807) is 17.4 Å². The smallest absolute Gasteiger partial charge is 0.134 e. The molecule has 4 nitrogen and oxygen atoms in total. The average Bonchev–Trinajstić information content (AvgIpc) is 2.88. The summed E-state index contributed by atoms with van der Waals surface area (Å²) in [6, 6.07) is 0. The van der Waals surface area contributed by atoms with Crippen LogP contribution in [0.4, 0.5) is 5.82 Å². The minimum Gasteiger partial charge on any atom is -0.383 e. The largest absolute Gasteiger partial charge is 0.383 e. The van der Waals surface area contributed by atoms with Crippen LogP contribution in [0.3, 0.4) is 0 Å². The van der Waals surface area contributed by atoms with Gasteiger partial charge in [0.2, 0.25) is 0 Å². The van der Waals surface area contributed by atoms with E-state index >= 15 is 0 Å². The number of anilines is 1. The summed E-state index contributed by atoms with van der Waals surface area (Å²) in [6.07, 6.45) is 7.34. The Morgan fingerprint density at radius 2 is 2.21 bits per heavy atom. The topological polar surface area (TPSA) is 64.7 Å². The van der Waals surface area contributed by atoms with Gasteiger partial charge in [-0.1, -0.05) is 32.9 Å². The van der Waals surface area contributed by atoms with Crippen molar-refractivity contribution >= 4 is 23.2 Å². The van der Waals surface area contributed by atoms with Gasteiger partial charge in [-0.25, -0.2) is 15.0 Å². The summed E-state index contributed by atoms with van der Waals surface area (Å²) in [5.41, 5.74) is 7.44. The van der Waals surface area contributed by atoms with Crippen molar-refractivity contribution < 1.29 is 0 Å². The van der Waals surface area contributed by atoms with E-state index in [1.165, 1.54) is 6.33 Å². The molecule has 0 aromatic carbocycles. The Hall–Kier alpha value is -1.75. The van der Waals surface area contributed by atoms with E-state index in [-0.39, 0.29) is 0 Å². The number of rotatable bonds is 5. The van der Waals surface area contributed by atoms with Crippen molar-refractivity contribution in [3.63, 3.8) is 0 Å². The molecule has 5 heteroatoms. The Kier molecular flexibility index (Phi) is 4.27. The molecule has 0 radical (unpaired) electrons. The molecule has 2 aromatic heterocycles. The van der Waals surface area contributed by atoms with Gasteiger partial charge in [0.1, 0.15) is 12.1 Å². The zero-order chi connectivity index (χ0) is 13.8. The molecule has 0 aliphatic heterocycles. The molecule has 19 heavy (non-hydrogen) atoms. The second kappa shape index (κ2) is 5.93. The Bertz CT molecular complexity index is 577. The predicted molar refractivity (Wildman–Crippen MR) is 81.0 cm³/mol. The van der Waals surface area contributed by atoms with Crippen LogP contribution in [-0.2, 0) is 0 Å². The first-order valence-corrected chi connectivity index (χ1v) is 7.18. The maximum absolute atomic E-state index is 5.85. The molecule has 0 spiro atoms. The quantitative estimate of drug-likeness (QED) is 0.902. The van der Waals surface area contributed by atoms with Crippen molar-refractivity contribution in [3.8, 4) is 10.6 Å². The Labute approximate surface area is 117 Å². The van der Waals surface area contributed by atoms with Crippen LogP contribution in [-0.4, -0.2) is 15.0 Å². The Balaban J connectivity index is 2.38. The first kappa shape index (κ1) is 13.7. The van der Waals surface area contributed by atoms with Crippen LogP contribution >= 0.6 is 11.3 Å². The molecule has 1 atom stereocenters. The zero-order valence-electron chi connectivity index (χ0n) is 11.3. The highest BCUT2D eigenvalue weighted by Gasteiger charge is 2.14. The highest BCUT2D eigenvalue weighted by Crippen LogP contribution is 2.33. The minimum atomic E-state index is 0.455. The van der Waals surface area contributed by atoms with Gasteiger partial charge in [-0.2, -0.15) is 0 Å². The summed E-state index contributed by atoms with van der Waals surface area (Å²) in [7, 11) is 0. The second-order valence-corrected chi connectivity index (χ2v) is 5.54. The summed E-state index contributed by atoms with van der Waals surface area (Å²) >= 11 is 1.67. The third kappa shape index (κ3) is 2.81. The van der Waals surface area contributed by atoms with E-state index in [0.717, 1.165) is 34.0 Å². The van der Waals surface area contributed by atoms with E-state index in [1.807, 2.05) is 6.20 Å². The van der Waals surface area contributed by atoms with Gasteiger partial charge >= 0.3 is 0 Å². The molecule has 2 heterocycles. The zero-order valence-corrected chi connectivity index (χ0v) is 12.1. The summed E-state index contributed by atoms with van der Waals surface area (Å²) in [5, 5.41) is 1.14. The van der Waals surface area contributed by atoms with E-state index in [4.69, 9.17) is 5.73 Å². The predicted octanol–water partition coefficient (Wildman–Crippen LogP) is 3.73.